The van der Waals surface area contributed by atoms with E-state index in [1.165, 1.54) is 19.1 Å². The molecular weight excluding hydrogens is 277 g/mol. The summed E-state index contributed by atoms with van der Waals surface area (Å²) in [6, 6.07) is 3.90. The van der Waals surface area contributed by atoms with Gasteiger partial charge in [0.1, 0.15) is 6.04 Å². The monoisotopic (exact) mass is 287 g/mol. The molecule has 6 heteroatoms. The molecule has 2 N–H and O–H groups in total. The Morgan fingerprint density at radius 2 is 2.06 bits per heavy atom. The standard InChI is InChI=1S/C12H11Cl2NO3/c1-7(12(17)18)15-11(16)5-2-8-6-9(13)3-4-10(8)14/h2-7H,1H3,(H,15,16)(H,17,18)/b5-2+/t7-/m0/s1. The maximum Gasteiger partial charge on any atom is 0.325 e. The van der Waals surface area contributed by atoms with Crippen LogP contribution in [0.3, 0.4) is 0 Å². The lowest BCUT2D eigenvalue weighted by Crippen LogP contribution is -2.37. The Kier molecular flexibility index (Phi) is 5.19. The number of hydrogen-bond acceptors (Lipinski definition) is 2. The molecule has 0 radical (unpaired) electrons. The Balaban J connectivity index is 2.72. The lowest BCUT2D eigenvalue weighted by Gasteiger charge is -2.06. The number of amides is 1. The van der Waals surface area contributed by atoms with Crippen LogP contribution in [0.15, 0.2) is 24.3 Å². The van der Waals surface area contributed by atoms with Crippen molar-refractivity contribution >= 4 is 41.2 Å². The molecule has 1 amide bonds. The van der Waals surface area contributed by atoms with Crippen molar-refractivity contribution in [2.75, 3.05) is 0 Å². The summed E-state index contributed by atoms with van der Waals surface area (Å²) in [6.07, 6.45) is 2.68. The van der Waals surface area contributed by atoms with Crippen molar-refractivity contribution in [1.82, 2.24) is 5.32 Å². The van der Waals surface area contributed by atoms with E-state index < -0.39 is 17.9 Å². The highest BCUT2D eigenvalue weighted by molar-refractivity contribution is 6.34. The van der Waals surface area contributed by atoms with Gasteiger partial charge in [0.05, 0.1) is 0 Å². The second kappa shape index (κ2) is 6.42. The van der Waals surface area contributed by atoms with Crippen LogP contribution in [-0.4, -0.2) is 23.0 Å². The molecule has 0 aliphatic rings. The van der Waals surface area contributed by atoms with Crippen molar-refractivity contribution in [3.05, 3.63) is 39.9 Å². The summed E-state index contributed by atoms with van der Waals surface area (Å²) < 4.78 is 0. The van der Waals surface area contributed by atoms with Crippen molar-refractivity contribution in [3.63, 3.8) is 0 Å². The van der Waals surface area contributed by atoms with E-state index in [1.54, 1.807) is 18.2 Å². The first-order valence-corrected chi connectivity index (χ1v) is 5.82. The highest BCUT2D eigenvalue weighted by Crippen LogP contribution is 2.21. The third kappa shape index (κ3) is 4.39. The van der Waals surface area contributed by atoms with Crippen LogP contribution in [0.5, 0.6) is 0 Å². The summed E-state index contributed by atoms with van der Waals surface area (Å²) in [5, 5.41) is 11.9. The lowest BCUT2D eigenvalue weighted by molar-refractivity contribution is -0.140. The van der Waals surface area contributed by atoms with Crippen molar-refractivity contribution in [2.24, 2.45) is 0 Å². The van der Waals surface area contributed by atoms with Gasteiger partial charge in [0.25, 0.3) is 0 Å². The molecule has 18 heavy (non-hydrogen) atoms. The number of hydrogen-bond donors (Lipinski definition) is 2. The number of rotatable bonds is 4. The Morgan fingerprint density at radius 3 is 2.67 bits per heavy atom. The van der Waals surface area contributed by atoms with Crippen molar-refractivity contribution < 1.29 is 14.7 Å². The maximum absolute atomic E-state index is 11.4. The van der Waals surface area contributed by atoms with E-state index in [0.717, 1.165) is 0 Å². The minimum absolute atomic E-state index is 0.453. The first-order valence-electron chi connectivity index (χ1n) is 5.06. The van der Waals surface area contributed by atoms with E-state index in [9.17, 15) is 9.59 Å². The highest BCUT2D eigenvalue weighted by atomic mass is 35.5. The van der Waals surface area contributed by atoms with Crippen LogP contribution < -0.4 is 5.32 Å². The summed E-state index contributed by atoms with van der Waals surface area (Å²) in [5.41, 5.74) is 0.585. The average Bonchev–Trinajstić information content (AvgIpc) is 2.30. The fourth-order valence-electron chi connectivity index (χ4n) is 1.13. The van der Waals surface area contributed by atoms with Gasteiger partial charge in [0.15, 0.2) is 0 Å². The van der Waals surface area contributed by atoms with Gasteiger partial charge in [-0.1, -0.05) is 23.2 Å². The van der Waals surface area contributed by atoms with Gasteiger partial charge in [-0.25, -0.2) is 0 Å². The van der Waals surface area contributed by atoms with Gasteiger partial charge in [-0.2, -0.15) is 0 Å². The van der Waals surface area contributed by atoms with Gasteiger partial charge in [0.2, 0.25) is 5.91 Å². The molecule has 0 fully saturated rings. The Bertz CT molecular complexity index is 500. The number of carbonyl (C=O) groups is 2. The molecule has 1 aromatic rings. The average molecular weight is 288 g/mol. The third-order valence-corrected chi connectivity index (χ3v) is 2.68. The lowest BCUT2D eigenvalue weighted by atomic mass is 10.2. The molecule has 0 saturated heterocycles. The predicted molar refractivity (Wildman–Crippen MR) is 70.7 cm³/mol. The maximum atomic E-state index is 11.4. The van der Waals surface area contributed by atoms with Gasteiger partial charge in [-0.05, 0) is 36.8 Å². The first kappa shape index (κ1) is 14.5. The molecule has 0 aliphatic heterocycles. The molecule has 96 valence electrons. The topological polar surface area (TPSA) is 66.4 Å². The zero-order valence-electron chi connectivity index (χ0n) is 9.48. The van der Waals surface area contributed by atoms with E-state index >= 15 is 0 Å². The van der Waals surface area contributed by atoms with Crippen molar-refractivity contribution in [1.29, 1.82) is 0 Å². The molecule has 1 rings (SSSR count). The summed E-state index contributed by atoms with van der Waals surface area (Å²) in [4.78, 5) is 21.9. The van der Waals surface area contributed by atoms with Crippen LogP contribution in [-0.2, 0) is 9.59 Å². The zero-order chi connectivity index (χ0) is 13.7. The van der Waals surface area contributed by atoms with Gasteiger partial charge in [-0.15, -0.1) is 0 Å². The van der Waals surface area contributed by atoms with E-state index in [0.29, 0.717) is 15.6 Å². The van der Waals surface area contributed by atoms with Crippen LogP contribution in [0.1, 0.15) is 12.5 Å². The fourth-order valence-corrected chi connectivity index (χ4v) is 1.49. The van der Waals surface area contributed by atoms with Gasteiger partial charge >= 0.3 is 5.97 Å². The van der Waals surface area contributed by atoms with Gasteiger partial charge < -0.3 is 10.4 Å². The summed E-state index contributed by atoms with van der Waals surface area (Å²) in [7, 11) is 0. The smallest absolute Gasteiger partial charge is 0.325 e. The molecule has 0 aromatic heterocycles. The van der Waals surface area contributed by atoms with Crippen LogP contribution in [0, 0.1) is 0 Å². The van der Waals surface area contributed by atoms with Crippen LogP contribution in [0.4, 0.5) is 0 Å². The normalized spacial score (nSPS) is 12.4. The third-order valence-electron chi connectivity index (χ3n) is 2.10. The fraction of sp³-hybridized carbons (Fsp3) is 0.167. The minimum Gasteiger partial charge on any atom is -0.480 e. The SMILES string of the molecule is C[C@H](NC(=O)/C=C/c1cc(Cl)ccc1Cl)C(=O)O. The number of carboxylic acid groups (broad SMARTS) is 1. The van der Waals surface area contributed by atoms with Gasteiger partial charge in [-0.3, -0.25) is 9.59 Å². The van der Waals surface area contributed by atoms with Crippen LogP contribution in [0.25, 0.3) is 6.08 Å². The second-order valence-electron chi connectivity index (χ2n) is 3.57. The number of carboxylic acids is 1. The molecule has 0 aliphatic carbocycles. The Morgan fingerprint density at radius 1 is 1.39 bits per heavy atom. The second-order valence-corrected chi connectivity index (χ2v) is 4.41. The largest absolute Gasteiger partial charge is 0.480 e. The van der Waals surface area contributed by atoms with E-state index in [1.807, 2.05) is 0 Å². The molecule has 1 aromatic carbocycles. The van der Waals surface area contributed by atoms with Crippen molar-refractivity contribution in [3.8, 4) is 0 Å². The molecule has 0 heterocycles. The molecule has 0 unspecified atom stereocenters. The minimum atomic E-state index is -1.10. The molecule has 1 atom stereocenters. The van der Waals surface area contributed by atoms with Crippen LogP contribution >= 0.6 is 23.2 Å². The number of nitrogens with one attached hydrogen (secondary N) is 1. The highest BCUT2D eigenvalue weighted by Gasteiger charge is 2.11. The molecule has 0 spiro atoms. The quantitative estimate of drug-likeness (QED) is 0.837. The molecule has 0 bridgehead atoms. The van der Waals surface area contributed by atoms with E-state index in [2.05, 4.69) is 5.32 Å². The number of carbonyl (C=O) groups excluding carboxylic acids is 1. The zero-order valence-corrected chi connectivity index (χ0v) is 11.0. The van der Waals surface area contributed by atoms with Gasteiger partial charge in [0, 0.05) is 16.1 Å². The number of halogens is 2. The molecular formula is C12H11Cl2NO3. The molecule has 0 saturated carbocycles. The predicted octanol–water partition coefficient (Wildman–Crippen LogP) is 2.60. The number of benzene rings is 1. The van der Waals surface area contributed by atoms with E-state index in [4.69, 9.17) is 28.3 Å². The summed E-state index contributed by atoms with van der Waals surface area (Å²) >= 11 is 11.7. The Hall–Kier alpha value is -1.52. The summed E-state index contributed by atoms with van der Waals surface area (Å²) in [5.74, 6) is -1.61. The van der Waals surface area contributed by atoms with E-state index in [-0.39, 0.29) is 0 Å². The van der Waals surface area contributed by atoms with Crippen molar-refractivity contribution in [2.45, 2.75) is 13.0 Å². The first-order chi connectivity index (χ1) is 8.40. The van der Waals surface area contributed by atoms with Crippen LogP contribution in [0.2, 0.25) is 10.0 Å². The Labute approximate surface area is 114 Å². The molecule has 4 nitrogen and oxygen atoms in total. The summed E-state index contributed by atoms with van der Waals surface area (Å²) in [6.45, 7) is 1.38. The number of aliphatic carboxylic acids is 1.